The van der Waals surface area contributed by atoms with Gasteiger partial charge in [-0.3, -0.25) is 9.97 Å². The SMILES string of the molecule is COc1cc(Nc2cc(-c3cccnc3)nc(N[C@@H](C)c3ccc(F)cn3)n2)n[nH]1. The summed E-state index contributed by atoms with van der Waals surface area (Å²) in [6.45, 7) is 1.89. The van der Waals surface area contributed by atoms with Crippen LogP contribution in [0.5, 0.6) is 5.88 Å². The van der Waals surface area contributed by atoms with E-state index >= 15 is 0 Å². The molecule has 0 spiro atoms. The molecule has 10 heteroatoms. The molecule has 0 aliphatic rings. The van der Waals surface area contributed by atoms with Crippen molar-refractivity contribution >= 4 is 17.6 Å². The first kappa shape index (κ1) is 19.2. The average Bonchev–Trinajstić information content (AvgIpc) is 3.22. The first-order chi connectivity index (χ1) is 14.6. The molecule has 3 N–H and O–H groups in total. The summed E-state index contributed by atoms with van der Waals surface area (Å²) >= 11 is 0. The number of anilines is 3. The van der Waals surface area contributed by atoms with E-state index in [-0.39, 0.29) is 11.9 Å². The van der Waals surface area contributed by atoms with Gasteiger partial charge in [-0.15, -0.1) is 0 Å². The predicted octanol–water partition coefficient (Wildman–Crippen LogP) is 3.72. The number of halogens is 1. The number of aromatic nitrogens is 6. The third kappa shape index (κ3) is 4.49. The van der Waals surface area contributed by atoms with E-state index in [1.165, 1.54) is 12.3 Å². The Balaban J connectivity index is 1.65. The van der Waals surface area contributed by atoms with E-state index in [4.69, 9.17) is 4.74 Å². The minimum Gasteiger partial charge on any atom is -0.481 e. The second-order valence-electron chi connectivity index (χ2n) is 6.42. The lowest BCUT2D eigenvalue weighted by Crippen LogP contribution is -2.12. The van der Waals surface area contributed by atoms with Crippen molar-refractivity contribution in [2.75, 3.05) is 17.7 Å². The zero-order chi connectivity index (χ0) is 20.9. The molecular formula is C20H19FN8O. The fourth-order valence-corrected chi connectivity index (χ4v) is 2.75. The molecule has 9 nitrogen and oxygen atoms in total. The number of nitrogens with zero attached hydrogens (tertiary/aromatic N) is 5. The summed E-state index contributed by atoms with van der Waals surface area (Å²) in [6, 6.07) is 9.99. The van der Waals surface area contributed by atoms with Gasteiger partial charge in [0, 0.05) is 30.1 Å². The van der Waals surface area contributed by atoms with Crippen molar-refractivity contribution in [3.8, 4) is 17.1 Å². The first-order valence-electron chi connectivity index (χ1n) is 9.14. The molecule has 0 bridgehead atoms. The predicted molar refractivity (Wildman–Crippen MR) is 110 cm³/mol. The van der Waals surface area contributed by atoms with Gasteiger partial charge in [0.15, 0.2) is 5.82 Å². The molecule has 0 aliphatic carbocycles. The summed E-state index contributed by atoms with van der Waals surface area (Å²) in [5, 5.41) is 13.2. The molecule has 1 atom stereocenters. The molecule has 0 saturated carbocycles. The van der Waals surface area contributed by atoms with Gasteiger partial charge in [-0.05, 0) is 31.2 Å². The number of H-pyrrole nitrogens is 1. The van der Waals surface area contributed by atoms with E-state index in [9.17, 15) is 4.39 Å². The van der Waals surface area contributed by atoms with Crippen molar-refractivity contribution in [1.82, 2.24) is 30.1 Å². The first-order valence-corrected chi connectivity index (χ1v) is 9.14. The number of aromatic amines is 1. The molecule has 152 valence electrons. The zero-order valence-electron chi connectivity index (χ0n) is 16.3. The summed E-state index contributed by atoms with van der Waals surface area (Å²) in [7, 11) is 1.55. The fraction of sp³-hybridized carbons (Fsp3) is 0.150. The summed E-state index contributed by atoms with van der Waals surface area (Å²) in [6.07, 6.45) is 4.60. The Kier molecular flexibility index (Phi) is 5.46. The number of hydrogen-bond acceptors (Lipinski definition) is 8. The Hall–Kier alpha value is -4.08. The van der Waals surface area contributed by atoms with Gasteiger partial charge >= 0.3 is 0 Å². The maximum Gasteiger partial charge on any atom is 0.225 e. The molecule has 4 aromatic heterocycles. The lowest BCUT2D eigenvalue weighted by molar-refractivity contribution is 0.397. The van der Waals surface area contributed by atoms with Crippen molar-refractivity contribution in [3.05, 3.63) is 66.5 Å². The highest BCUT2D eigenvalue weighted by Gasteiger charge is 2.13. The molecule has 0 amide bonds. The third-order valence-corrected chi connectivity index (χ3v) is 4.25. The fourth-order valence-electron chi connectivity index (χ4n) is 2.75. The number of hydrogen-bond donors (Lipinski definition) is 3. The Morgan fingerprint density at radius 2 is 2.00 bits per heavy atom. The Labute approximate surface area is 171 Å². The highest BCUT2D eigenvalue weighted by Crippen LogP contribution is 2.25. The van der Waals surface area contributed by atoms with Crippen LogP contribution in [0.2, 0.25) is 0 Å². The molecular weight excluding hydrogens is 387 g/mol. The van der Waals surface area contributed by atoms with E-state index in [1.54, 1.807) is 37.7 Å². The van der Waals surface area contributed by atoms with Crippen LogP contribution in [-0.4, -0.2) is 37.2 Å². The quantitative estimate of drug-likeness (QED) is 0.426. The second kappa shape index (κ2) is 8.52. The van der Waals surface area contributed by atoms with Crippen LogP contribution in [0.15, 0.2) is 55.0 Å². The van der Waals surface area contributed by atoms with Gasteiger partial charge in [0.05, 0.1) is 30.7 Å². The number of nitrogens with one attached hydrogen (secondary N) is 3. The Bertz CT molecular complexity index is 1120. The maximum atomic E-state index is 13.2. The summed E-state index contributed by atoms with van der Waals surface area (Å²) in [5.74, 6) is 1.58. The van der Waals surface area contributed by atoms with Crippen LogP contribution in [0.3, 0.4) is 0 Å². The number of methoxy groups -OCH3 is 1. The smallest absolute Gasteiger partial charge is 0.225 e. The van der Waals surface area contributed by atoms with Crippen LogP contribution in [0.4, 0.5) is 22.0 Å². The topological polar surface area (TPSA) is 114 Å². The Morgan fingerprint density at radius 1 is 1.10 bits per heavy atom. The normalized spacial score (nSPS) is 11.7. The zero-order valence-corrected chi connectivity index (χ0v) is 16.3. The number of pyridine rings is 2. The van der Waals surface area contributed by atoms with Gasteiger partial charge in [-0.1, -0.05) is 0 Å². The van der Waals surface area contributed by atoms with Gasteiger partial charge in [-0.2, -0.15) is 10.1 Å². The second-order valence-corrected chi connectivity index (χ2v) is 6.42. The monoisotopic (exact) mass is 406 g/mol. The third-order valence-electron chi connectivity index (χ3n) is 4.25. The highest BCUT2D eigenvalue weighted by atomic mass is 19.1. The van der Waals surface area contributed by atoms with Crippen molar-refractivity contribution in [3.63, 3.8) is 0 Å². The summed E-state index contributed by atoms with van der Waals surface area (Å²) in [4.78, 5) is 17.4. The maximum absolute atomic E-state index is 13.2. The van der Waals surface area contributed by atoms with Crippen molar-refractivity contribution in [1.29, 1.82) is 0 Å². The summed E-state index contributed by atoms with van der Waals surface area (Å²) in [5.41, 5.74) is 2.17. The molecule has 0 radical (unpaired) electrons. The molecule has 4 rings (SSSR count). The minimum absolute atomic E-state index is 0.243. The van der Waals surface area contributed by atoms with Crippen LogP contribution in [-0.2, 0) is 0 Å². The molecule has 0 saturated heterocycles. The van der Waals surface area contributed by atoms with E-state index in [1.807, 2.05) is 19.1 Å². The molecule has 4 aromatic rings. The standard InChI is InChI=1S/C20H19FN8O/c1-12(15-6-5-14(21)11-23-15)24-20-25-16(13-4-3-7-22-10-13)8-17(27-20)26-18-9-19(30-2)29-28-18/h3-12H,1-2H3,(H3,24,25,26,27,28,29)/t12-/m0/s1. The number of ether oxygens (including phenoxy) is 1. The molecule has 0 aliphatic heterocycles. The van der Waals surface area contributed by atoms with Crippen LogP contribution in [0, 0.1) is 5.82 Å². The molecule has 30 heavy (non-hydrogen) atoms. The van der Waals surface area contributed by atoms with Crippen LogP contribution < -0.4 is 15.4 Å². The molecule has 0 aromatic carbocycles. The van der Waals surface area contributed by atoms with Crippen molar-refractivity contribution in [2.24, 2.45) is 0 Å². The Morgan fingerprint density at radius 3 is 2.70 bits per heavy atom. The van der Waals surface area contributed by atoms with Gasteiger partial charge in [0.25, 0.3) is 0 Å². The van der Waals surface area contributed by atoms with Crippen LogP contribution in [0.25, 0.3) is 11.3 Å². The van der Waals surface area contributed by atoms with Crippen LogP contribution >= 0.6 is 0 Å². The van der Waals surface area contributed by atoms with Crippen molar-refractivity contribution < 1.29 is 9.13 Å². The van der Waals surface area contributed by atoms with E-state index in [2.05, 4.69) is 40.8 Å². The highest BCUT2D eigenvalue weighted by molar-refractivity contribution is 5.66. The van der Waals surface area contributed by atoms with Gasteiger partial charge in [0.1, 0.15) is 11.6 Å². The average molecular weight is 406 g/mol. The molecule has 0 fully saturated rings. The molecule has 4 heterocycles. The minimum atomic E-state index is -0.387. The number of rotatable bonds is 7. The van der Waals surface area contributed by atoms with E-state index < -0.39 is 0 Å². The lowest BCUT2D eigenvalue weighted by atomic mass is 10.2. The van der Waals surface area contributed by atoms with Gasteiger partial charge in [-0.25, -0.2) is 14.5 Å². The van der Waals surface area contributed by atoms with Crippen molar-refractivity contribution in [2.45, 2.75) is 13.0 Å². The van der Waals surface area contributed by atoms with Gasteiger partial charge in [0.2, 0.25) is 11.8 Å². The van der Waals surface area contributed by atoms with Crippen LogP contribution in [0.1, 0.15) is 18.7 Å². The van der Waals surface area contributed by atoms with E-state index in [0.717, 1.165) is 5.56 Å². The lowest BCUT2D eigenvalue weighted by Gasteiger charge is -2.15. The molecule has 0 unspecified atom stereocenters. The summed E-state index contributed by atoms with van der Waals surface area (Å²) < 4.78 is 18.3. The largest absolute Gasteiger partial charge is 0.481 e. The van der Waals surface area contributed by atoms with Gasteiger partial charge < -0.3 is 15.4 Å². The van der Waals surface area contributed by atoms with E-state index in [0.29, 0.717) is 34.9 Å².